The second-order valence-electron chi connectivity index (χ2n) is 5.53. The summed E-state index contributed by atoms with van der Waals surface area (Å²) >= 11 is 0. The number of aryl methyl sites for hydroxylation is 1. The van der Waals surface area contributed by atoms with Crippen LogP contribution in [0.15, 0.2) is 18.2 Å². The number of benzene rings is 1. The summed E-state index contributed by atoms with van der Waals surface area (Å²) in [7, 11) is 1.35. The average molecular weight is 294 g/mol. The van der Waals surface area contributed by atoms with Crippen molar-refractivity contribution in [2.75, 3.05) is 13.9 Å². The monoisotopic (exact) mass is 294 g/mol. The van der Waals surface area contributed by atoms with Gasteiger partial charge in [0.25, 0.3) is 0 Å². The Kier molecular flexibility index (Phi) is 4.73. The van der Waals surface area contributed by atoms with E-state index in [9.17, 15) is 9.90 Å². The molecule has 2 rings (SSSR count). The molecule has 1 aromatic carbocycles. The van der Waals surface area contributed by atoms with Crippen molar-refractivity contribution in [3.63, 3.8) is 0 Å². The first-order valence-electron chi connectivity index (χ1n) is 7.16. The third kappa shape index (κ3) is 3.47. The maximum Gasteiger partial charge on any atom is 0.311 e. The van der Waals surface area contributed by atoms with Crippen LogP contribution in [0.3, 0.4) is 0 Å². The minimum Gasteiger partial charge on any atom is -0.469 e. The summed E-state index contributed by atoms with van der Waals surface area (Å²) in [6.45, 7) is 3.80. The van der Waals surface area contributed by atoms with Crippen LogP contribution in [0.25, 0.3) is 0 Å². The number of fused-ring (bicyclic) bond motifs is 1. The number of carbonyl (C=O) groups is 1. The summed E-state index contributed by atoms with van der Waals surface area (Å²) in [6, 6.07) is 5.73. The Morgan fingerprint density at radius 1 is 1.43 bits per heavy atom. The fraction of sp³-hybridized carbons (Fsp3) is 0.562. The first-order chi connectivity index (χ1) is 9.97. The van der Waals surface area contributed by atoms with E-state index in [0.29, 0.717) is 19.3 Å². The fourth-order valence-corrected chi connectivity index (χ4v) is 2.67. The number of rotatable bonds is 6. The molecule has 5 nitrogen and oxygen atoms in total. The molecular formula is C16H22O5. The fourth-order valence-electron chi connectivity index (χ4n) is 2.67. The van der Waals surface area contributed by atoms with Crippen molar-refractivity contribution >= 4 is 5.97 Å². The lowest BCUT2D eigenvalue weighted by molar-refractivity contribution is -0.155. The van der Waals surface area contributed by atoms with Gasteiger partial charge in [-0.25, -0.2) is 0 Å². The summed E-state index contributed by atoms with van der Waals surface area (Å²) < 4.78 is 15.4. The van der Waals surface area contributed by atoms with Crippen LogP contribution in [0.5, 0.6) is 11.5 Å². The molecule has 0 saturated carbocycles. The molecule has 0 fully saturated rings. The second kappa shape index (κ2) is 6.35. The van der Waals surface area contributed by atoms with Crippen LogP contribution in [0.2, 0.25) is 0 Å². The first kappa shape index (κ1) is 15.6. The van der Waals surface area contributed by atoms with Gasteiger partial charge in [0.1, 0.15) is 0 Å². The molecule has 1 N–H and O–H groups in total. The van der Waals surface area contributed by atoms with E-state index in [1.807, 2.05) is 25.1 Å². The molecule has 0 bridgehead atoms. The highest BCUT2D eigenvalue weighted by Crippen LogP contribution is 2.34. The molecule has 0 aliphatic carbocycles. The molecule has 21 heavy (non-hydrogen) atoms. The molecular weight excluding hydrogens is 272 g/mol. The number of ether oxygens (including phenoxy) is 3. The SMILES string of the molecule is CCC(C(=O)OC)C(C)(O)CCc1ccc2c(c1)OCO2. The number of carbonyl (C=O) groups excluding carboxylic acids is 1. The zero-order valence-electron chi connectivity index (χ0n) is 12.7. The maximum atomic E-state index is 11.7. The third-order valence-corrected chi connectivity index (χ3v) is 4.00. The van der Waals surface area contributed by atoms with Gasteiger partial charge >= 0.3 is 5.97 Å². The number of methoxy groups -OCH3 is 1. The van der Waals surface area contributed by atoms with Crippen molar-refractivity contribution in [2.24, 2.45) is 5.92 Å². The van der Waals surface area contributed by atoms with E-state index < -0.39 is 11.5 Å². The van der Waals surface area contributed by atoms with Gasteiger partial charge in [-0.15, -0.1) is 0 Å². The predicted octanol–water partition coefficient (Wildman–Crippen LogP) is 2.30. The molecule has 2 atom stereocenters. The van der Waals surface area contributed by atoms with Gasteiger partial charge in [-0.1, -0.05) is 13.0 Å². The molecule has 0 aromatic heterocycles. The molecule has 1 aromatic rings. The van der Waals surface area contributed by atoms with E-state index in [4.69, 9.17) is 14.2 Å². The van der Waals surface area contributed by atoms with Gasteiger partial charge in [-0.3, -0.25) is 4.79 Å². The lowest BCUT2D eigenvalue weighted by Crippen LogP contribution is -2.40. The summed E-state index contributed by atoms with van der Waals surface area (Å²) in [5.41, 5.74) is -0.0580. The highest BCUT2D eigenvalue weighted by Gasteiger charge is 2.36. The molecule has 0 spiro atoms. The van der Waals surface area contributed by atoms with Crippen LogP contribution in [0.4, 0.5) is 0 Å². The van der Waals surface area contributed by atoms with Crippen molar-refractivity contribution < 1.29 is 24.1 Å². The van der Waals surface area contributed by atoms with Crippen LogP contribution in [-0.2, 0) is 16.0 Å². The largest absolute Gasteiger partial charge is 0.469 e. The smallest absolute Gasteiger partial charge is 0.311 e. The maximum absolute atomic E-state index is 11.7. The molecule has 5 heteroatoms. The average Bonchev–Trinajstić information content (AvgIpc) is 2.93. The van der Waals surface area contributed by atoms with Crippen LogP contribution < -0.4 is 9.47 Å². The Bertz CT molecular complexity index is 509. The summed E-state index contributed by atoms with van der Waals surface area (Å²) in [5.74, 6) is 0.586. The van der Waals surface area contributed by atoms with Crippen molar-refractivity contribution in [3.05, 3.63) is 23.8 Å². The van der Waals surface area contributed by atoms with Crippen LogP contribution in [0.1, 0.15) is 32.3 Å². The van der Waals surface area contributed by atoms with Crippen molar-refractivity contribution in [3.8, 4) is 11.5 Å². The van der Waals surface area contributed by atoms with Gasteiger partial charge in [0, 0.05) is 0 Å². The molecule has 2 unspecified atom stereocenters. The molecule has 1 heterocycles. The number of hydrogen-bond acceptors (Lipinski definition) is 5. The van der Waals surface area contributed by atoms with Crippen LogP contribution in [0, 0.1) is 5.92 Å². The summed E-state index contributed by atoms with van der Waals surface area (Å²) in [6.07, 6.45) is 1.66. The predicted molar refractivity (Wildman–Crippen MR) is 77.3 cm³/mol. The second-order valence-corrected chi connectivity index (χ2v) is 5.53. The Hall–Kier alpha value is -1.75. The van der Waals surface area contributed by atoms with E-state index in [1.54, 1.807) is 6.92 Å². The number of esters is 1. The number of aliphatic hydroxyl groups is 1. The molecule has 116 valence electrons. The zero-order chi connectivity index (χ0) is 15.5. The lowest BCUT2D eigenvalue weighted by Gasteiger charge is -2.30. The van der Waals surface area contributed by atoms with E-state index in [-0.39, 0.29) is 12.8 Å². The van der Waals surface area contributed by atoms with E-state index in [0.717, 1.165) is 17.1 Å². The highest BCUT2D eigenvalue weighted by atomic mass is 16.7. The highest BCUT2D eigenvalue weighted by molar-refractivity contribution is 5.73. The minimum absolute atomic E-state index is 0.247. The lowest BCUT2D eigenvalue weighted by atomic mass is 9.82. The minimum atomic E-state index is -1.10. The van der Waals surface area contributed by atoms with Gasteiger partial charge in [-0.2, -0.15) is 0 Å². The first-order valence-corrected chi connectivity index (χ1v) is 7.16. The van der Waals surface area contributed by atoms with Crippen molar-refractivity contribution in [2.45, 2.75) is 38.7 Å². The van der Waals surface area contributed by atoms with Crippen LogP contribution >= 0.6 is 0 Å². The van der Waals surface area contributed by atoms with Gasteiger partial charge < -0.3 is 19.3 Å². The van der Waals surface area contributed by atoms with Gasteiger partial charge in [0.2, 0.25) is 6.79 Å². The normalized spacial score (nSPS) is 17.1. The van der Waals surface area contributed by atoms with E-state index >= 15 is 0 Å². The van der Waals surface area contributed by atoms with Gasteiger partial charge in [0.05, 0.1) is 18.6 Å². The van der Waals surface area contributed by atoms with Gasteiger partial charge in [0.15, 0.2) is 11.5 Å². The van der Waals surface area contributed by atoms with Gasteiger partial charge in [-0.05, 0) is 43.9 Å². The third-order valence-electron chi connectivity index (χ3n) is 4.00. The Labute approximate surface area is 124 Å². The molecule has 1 aliphatic rings. The Morgan fingerprint density at radius 2 is 2.14 bits per heavy atom. The summed E-state index contributed by atoms with van der Waals surface area (Å²) in [4.78, 5) is 11.7. The topological polar surface area (TPSA) is 65.0 Å². The Balaban J connectivity index is 2.02. The van der Waals surface area contributed by atoms with E-state index in [2.05, 4.69) is 0 Å². The Morgan fingerprint density at radius 3 is 2.81 bits per heavy atom. The van der Waals surface area contributed by atoms with Crippen molar-refractivity contribution in [1.29, 1.82) is 0 Å². The zero-order valence-corrected chi connectivity index (χ0v) is 12.7. The standard InChI is InChI=1S/C16H22O5/c1-4-12(15(17)19-3)16(2,18)8-7-11-5-6-13-14(9-11)21-10-20-13/h5-6,9,12,18H,4,7-8,10H2,1-3H3. The molecule has 0 saturated heterocycles. The number of hydrogen-bond donors (Lipinski definition) is 1. The molecule has 0 amide bonds. The molecule has 0 radical (unpaired) electrons. The quantitative estimate of drug-likeness (QED) is 0.816. The van der Waals surface area contributed by atoms with E-state index in [1.165, 1.54) is 7.11 Å². The van der Waals surface area contributed by atoms with Crippen LogP contribution in [-0.4, -0.2) is 30.6 Å². The molecule has 1 aliphatic heterocycles. The van der Waals surface area contributed by atoms with Crippen molar-refractivity contribution in [1.82, 2.24) is 0 Å². The summed E-state index contributed by atoms with van der Waals surface area (Å²) in [5, 5.41) is 10.6.